The third kappa shape index (κ3) is 1.89. The van der Waals surface area contributed by atoms with Crippen molar-refractivity contribution in [2.75, 3.05) is 12.8 Å². The Bertz CT molecular complexity index is 421. The van der Waals surface area contributed by atoms with E-state index in [0.29, 0.717) is 10.9 Å². The van der Waals surface area contributed by atoms with Crippen LogP contribution < -0.4 is 5.32 Å². The molecule has 0 aliphatic carbocycles. The van der Waals surface area contributed by atoms with Crippen LogP contribution in [-0.4, -0.2) is 21.2 Å². The lowest BCUT2D eigenvalue weighted by Gasteiger charge is -2.00. The van der Waals surface area contributed by atoms with Crippen LogP contribution in [0.2, 0.25) is 0 Å². The molecule has 3 nitrogen and oxygen atoms in total. The standard InChI is InChI=1S/C9H11NO2S/c1-13(11,12)8-4-2-3-7(5-8)9-6-10-9/h2-5,9-10H,6H2,1H3. The van der Waals surface area contributed by atoms with Crippen molar-refractivity contribution in [2.24, 2.45) is 0 Å². The first kappa shape index (κ1) is 8.72. The summed E-state index contributed by atoms with van der Waals surface area (Å²) in [6, 6.07) is 7.45. The van der Waals surface area contributed by atoms with Gasteiger partial charge in [0.1, 0.15) is 0 Å². The summed E-state index contributed by atoms with van der Waals surface area (Å²) < 4.78 is 22.4. The highest BCUT2D eigenvalue weighted by atomic mass is 32.2. The number of hydrogen-bond donors (Lipinski definition) is 1. The molecular formula is C9H11NO2S. The molecule has 0 bridgehead atoms. The van der Waals surface area contributed by atoms with Crippen LogP contribution in [0.15, 0.2) is 29.2 Å². The van der Waals surface area contributed by atoms with Gasteiger partial charge in [0.05, 0.1) is 4.90 Å². The van der Waals surface area contributed by atoms with E-state index in [1.165, 1.54) is 6.26 Å². The van der Waals surface area contributed by atoms with Gasteiger partial charge >= 0.3 is 0 Å². The van der Waals surface area contributed by atoms with E-state index in [2.05, 4.69) is 5.32 Å². The Morgan fingerprint density at radius 3 is 2.69 bits per heavy atom. The van der Waals surface area contributed by atoms with Crippen LogP contribution in [0.5, 0.6) is 0 Å². The molecule has 1 heterocycles. The predicted molar refractivity (Wildman–Crippen MR) is 50.3 cm³/mol. The Labute approximate surface area is 77.7 Å². The molecule has 13 heavy (non-hydrogen) atoms. The van der Waals surface area contributed by atoms with Gasteiger partial charge in [-0.15, -0.1) is 0 Å². The number of hydrogen-bond acceptors (Lipinski definition) is 3. The summed E-state index contributed by atoms with van der Waals surface area (Å²) in [5.41, 5.74) is 1.06. The molecule has 2 rings (SSSR count). The van der Waals surface area contributed by atoms with Crippen molar-refractivity contribution in [2.45, 2.75) is 10.9 Å². The first-order valence-electron chi connectivity index (χ1n) is 4.11. The second-order valence-electron chi connectivity index (χ2n) is 3.31. The maximum Gasteiger partial charge on any atom is 0.175 e. The Kier molecular flexibility index (Phi) is 1.89. The number of nitrogens with one attached hydrogen (secondary N) is 1. The van der Waals surface area contributed by atoms with E-state index >= 15 is 0 Å². The molecule has 1 N–H and O–H groups in total. The van der Waals surface area contributed by atoms with Crippen LogP contribution in [0.4, 0.5) is 0 Å². The lowest BCUT2D eigenvalue weighted by Crippen LogP contribution is -1.97. The minimum absolute atomic E-state index is 0.363. The summed E-state index contributed by atoms with van der Waals surface area (Å²) in [7, 11) is -3.06. The topological polar surface area (TPSA) is 56.1 Å². The normalized spacial score (nSPS) is 21.5. The molecule has 0 saturated carbocycles. The largest absolute Gasteiger partial charge is 0.307 e. The van der Waals surface area contributed by atoms with Gasteiger partial charge in [0, 0.05) is 18.8 Å². The molecule has 1 aliphatic rings. The minimum Gasteiger partial charge on any atom is -0.307 e. The molecule has 1 saturated heterocycles. The van der Waals surface area contributed by atoms with E-state index in [1.807, 2.05) is 6.07 Å². The van der Waals surface area contributed by atoms with Gasteiger partial charge in [0.15, 0.2) is 9.84 Å². The molecule has 0 amide bonds. The van der Waals surface area contributed by atoms with Gasteiger partial charge in [-0.05, 0) is 17.7 Å². The summed E-state index contributed by atoms with van der Waals surface area (Å²) >= 11 is 0. The van der Waals surface area contributed by atoms with Crippen LogP contribution >= 0.6 is 0 Å². The van der Waals surface area contributed by atoms with Crippen LogP contribution in [0.25, 0.3) is 0 Å². The fourth-order valence-corrected chi connectivity index (χ4v) is 1.93. The summed E-state index contributed by atoms with van der Waals surface area (Å²) in [4.78, 5) is 0.402. The van der Waals surface area contributed by atoms with Gasteiger partial charge in [0.2, 0.25) is 0 Å². The van der Waals surface area contributed by atoms with E-state index in [-0.39, 0.29) is 0 Å². The second kappa shape index (κ2) is 2.82. The maximum atomic E-state index is 11.2. The molecule has 1 aliphatic heterocycles. The van der Waals surface area contributed by atoms with Gasteiger partial charge in [-0.2, -0.15) is 0 Å². The Balaban J connectivity index is 2.43. The highest BCUT2D eigenvalue weighted by Gasteiger charge is 2.22. The molecule has 1 aromatic carbocycles. The SMILES string of the molecule is CS(=O)(=O)c1cccc(C2CN2)c1. The van der Waals surface area contributed by atoms with Gasteiger partial charge in [0.25, 0.3) is 0 Å². The zero-order valence-electron chi connectivity index (χ0n) is 7.32. The molecule has 1 unspecified atom stereocenters. The van der Waals surface area contributed by atoms with E-state index in [0.717, 1.165) is 12.1 Å². The van der Waals surface area contributed by atoms with Crippen molar-refractivity contribution >= 4 is 9.84 Å². The van der Waals surface area contributed by atoms with E-state index in [4.69, 9.17) is 0 Å². The van der Waals surface area contributed by atoms with Crippen LogP contribution in [-0.2, 0) is 9.84 Å². The predicted octanol–water partition coefficient (Wildman–Crippen LogP) is 0.734. The zero-order chi connectivity index (χ0) is 9.47. The van der Waals surface area contributed by atoms with Gasteiger partial charge in [-0.1, -0.05) is 12.1 Å². The molecule has 1 fully saturated rings. The average molecular weight is 197 g/mol. The fraction of sp³-hybridized carbons (Fsp3) is 0.333. The van der Waals surface area contributed by atoms with Crippen molar-refractivity contribution in [1.82, 2.24) is 5.32 Å². The van der Waals surface area contributed by atoms with E-state index in [9.17, 15) is 8.42 Å². The highest BCUT2D eigenvalue weighted by molar-refractivity contribution is 7.90. The summed E-state index contributed by atoms with van der Waals surface area (Å²) in [6.07, 6.45) is 1.23. The zero-order valence-corrected chi connectivity index (χ0v) is 8.14. The van der Waals surface area contributed by atoms with E-state index in [1.54, 1.807) is 18.2 Å². The highest BCUT2D eigenvalue weighted by Crippen LogP contribution is 2.23. The summed E-state index contributed by atoms with van der Waals surface area (Å²) in [5.74, 6) is 0. The van der Waals surface area contributed by atoms with Gasteiger partial charge in [-0.3, -0.25) is 0 Å². The Hall–Kier alpha value is -0.870. The maximum absolute atomic E-state index is 11.2. The number of benzene rings is 1. The van der Waals surface area contributed by atoms with E-state index < -0.39 is 9.84 Å². The summed E-state index contributed by atoms with van der Waals surface area (Å²) in [6.45, 7) is 0.952. The third-order valence-corrected chi connectivity index (χ3v) is 3.21. The molecule has 0 radical (unpaired) electrons. The molecular weight excluding hydrogens is 186 g/mol. The molecule has 4 heteroatoms. The molecule has 0 aromatic heterocycles. The first-order valence-corrected chi connectivity index (χ1v) is 6.00. The van der Waals surface area contributed by atoms with Crippen LogP contribution in [0.3, 0.4) is 0 Å². The van der Waals surface area contributed by atoms with Gasteiger partial charge < -0.3 is 5.32 Å². The molecule has 1 atom stereocenters. The second-order valence-corrected chi connectivity index (χ2v) is 5.32. The summed E-state index contributed by atoms with van der Waals surface area (Å²) in [5, 5.41) is 3.13. The van der Waals surface area contributed by atoms with Crippen molar-refractivity contribution in [3.63, 3.8) is 0 Å². The van der Waals surface area contributed by atoms with Crippen LogP contribution in [0.1, 0.15) is 11.6 Å². The lowest BCUT2D eigenvalue weighted by molar-refractivity contribution is 0.601. The van der Waals surface area contributed by atoms with Crippen LogP contribution in [0, 0.1) is 0 Å². The first-order chi connectivity index (χ1) is 6.07. The Morgan fingerprint density at radius 2 is 2.15 bits per heavy atom. The molecule has 1 aromatic rings. The molecule has 70 valence electrons. The smallest absolute Gasteiger partial charge is 0.175 e. The number of sulfone groups is 1. The van der Waals surface area contributed by atoms with Gasteiger partial charge in [-0.25, -0.2) is 8.42 Å². The fourth-order valence-electron chi connectivity index (χ4n) is 1.26. The van der Waals surface area contributed by atoms with Crippen molar-refractivity contribution < 1.29 is 8.42 Å². The minimum atomic E-state index is -3.06. The Morgan fingerprint density at radius 1 is 1.46 bits per heavy atom. The third-order valence-electron chi connectivity index (χ3n) is 2.10. The lowest BCUT2D eigenvalue weighted by atomic mass is 10.2. The van der Waals surface area contributed by atoms with Crippen molar-refractivity contribution in [1.29, 1.82) is 0 Å². The molecule has 0 spiro atoms. The quantitative estimate of drug-likeness (QED) is 0.711. The van der Waals surface area contributed by atoms with Crippen molar-refractivity contribution in [3.05, 3.63) is 29.8 Å². The monoisotopic (exact) mass is 197 g/mol. The van der Waals surface area contributed by atoms with Crippen molar-refractivity contribution in [3.8, 4) is 0 Å². The number of rotatable bonds is 2. The average Bonchev–Trinajstić information content (AvgIpc) is 2.85.